The first-order valence-electron chi connectivity index (χ1n) is 8.15. The fourth-order valence-electron chi connectivity index (χ4n) is 2.52. The van der Waals surface area contributed by atoms with E-state index in [-0.39, 0.29) is 12.0 Å². The lowest BCUT2D eigenvalue weighted by Gasteiger charge is -2.15. The zero-order valence-electron chi connectivity index (χ0n) is 13.7. The van der Waals surface area contributed by atoms with Gasteiger partial charge in [-0.25, -0.2) is 4.98 Å². The van der Waals surface area contributed by atoms with Crippen LogP contribution in [0, 0.1) is 0 Å². The molecule has 0 spiro atoms. The normalized spacial score (nSPS) is 16.8. The summed E-state index contributed by atoms with van der Waals surface area (Å²) >= 11 is 7.48. The van der Waals surface area contributed by atoms with Crippen molar-refractivity contribution in [2.75, 3.05) is 25.1 Å². The Labute approximate surface area is 155 Å². The van der Waals surface area contributed by atoms with Gasteiger partial charge in [0.15, 0.2) is 0 Å². The maximum atomic E-state index is 12.4. The summed E-state index contributed by atoms with van der Waals surface area (Å²) in [6.07, 6.45) is 2.78. The first kappa shape index (κ1) is 18.1. The molecule has 1 aromatic carbocycles. The van der Waals surface area contributed by atoms with Gasteiger partial charge in [0.05, 0.1) is 16.8 Å². The van der Waals surface area contributed by atoms with Crippen LogP contribution in [0.25, 0.3) is 0 Å². The Morgan fingerprint density at radius 3 is 3.16 bits per heavy atom. The van der Waals surface area contributed by atoms with E-state index in [1.54, 1.807) is 23.6 Å². The number of benzene rings is 1. The molecule has 1 unspecified atom stereocenters. The predicted octanol–water partition coefficient (Wildman–Crippen LogP) is 3.11. The van der Waals surface area contributed by atoms with Crippen LogP contribution in [0.3, 0.4) is 0 Å². The number of halogens is 1. The smallest absolute Gasteiger partial charge is 0.275 e. The fraction of sp³-hybridized carbons (Fsp3) is 0.412. The number of hydrogen-bond acceptors (Lipinski definition) is 6. The van der Waals surface area contributed by atoms with E-state index in [1.807, 2.05) is 0 Å². The zero-order valence-corrected chi connectivity index (χ0v) is 15.2. The van der Waals surface area contributed by atoms with Crippen molar-refractivity contribution in [1.29, 1.82) is 0 Å². The van der Waals surface area contributed by atoms with Crippen molar-refractivity contribution in [1.82, 2.24) is 4.98 Å². The first-order valence-corrected chi connectivity index (χ1v) is 9.41. The van der Waals surface area contributed by atoms with Crippen molar-refractivity contribution in [2.45, 2.75) is 25.4 Å². The third-order valence-corrected chi connectivity index (χ3v) is 4.92. The number of nitrogens with one attached hydrogen (secondary N) is 1. The monoisotopic (exact) mass is 381 g/mol. The molecule has 0 radical (unpaired) electrons. The summed E-state index contributed by atoms with van der Waals surface area (Å²) < 4.78 is 11.4. The van der Waals surface area contributed by atoms with E-state index in [4.69, 9.17) is 26.8 Å². The van der Waals surface area contributed by atoms with Gasteiger partial charge < -0.3 is 20.5 Å². The summed E-state index contributed by atoms with van der Waals surface area (Å²) in [6.45, 7) is 1.72. The Hall–Kier alpha value is -1.67. The Morgan fingerprint density at radius 1 is 1.52 bits per heavy atom. The van der Waals surface area contributed by atoms with Crippen LogP contribution in [0.4, 0.5) is 5.69 Å². The van der Waals surface area contributed by atoms with E-state index < -0.39 is 0 Å². The predicted molar refractivity (Wildman–Crippen MR) is 98.7 cm³/mol. The van der Waals surface area contributed by atoms with Gasteiger partial charge in [0.2, 0.25) is 0 Å². The Kier molecular flexibility index (Phi) is 6.25. The van der Waals surface area contributed by atoms with E-state index in [9.17, 15) is 4.79 Å². The van der Waals surface area contributed by atoms with E-state index in [0.717, 1.165) is 24.5 Å². The first-order chi connectivity index (χ1) is 12.2. The van der Waals surface area contributed by atoms with Crippen molar-refractivity contribution in [3.05, 3.63) is 39.3 Å². The number of nitrogens with zero attached hydrogens (tertiary/aromatic N) is 1. The van der Waals surface area contributed by atoms with Crippen LogP contribution in [0.1, 0.15) is 28.3 Å². The van der Waals surface area contributed by atoms with E-state index in [0.29, 0.717) is 41.7 Å². The number of aromatic nitrogens is 1. The van der Waals surface area contributed by atoms with E-state index >= 15 is 0 Å². The SMILES string of the molecule is NCCc1nc(C(=O)Nc2cc(Cl)ccc2OCC2CCCO2)cs1. The molecule has 25 heavy (non-hydrogen) atoms. The molecule has 6 nitrogen and oxygen atoms in total. The topological polar surface area (TPSA) is 86.5 Å². The van der Waals surface area contributed by atoms with Gasteiger partial charge in [0, 0.05) is 23.4 Å². The standard InChI is InChI=1S/C17H20ClN3O3S/c18-11-3-4-15(24-9-12-2-1-7-23-12)13(8-11)21-17(22)14-10-25-16(20-14)5-6-19/h3-4,8,10,12H,1-2,5-7,9,19H2,(H,21,22). The van der Waals surface area contributed by atoms with Crippen LogP contribution < -0.4 is 15.8 Å². The number of carbonyl (C=O) groups excluding carboxylic acids is 1. The molecule has 1 aliphatic heterocycles. The van der Waals surface area contributed by atoms with Crippen LogP contribution in [-0.2, 0) is 11.2 Å². The molecule has 1 fully saturated rings. The number of thiazole rings is 1. The van der Waals surface area contributed by atoms with Crippen molar-refractivity contribution >= 4 is 34.5 Å². The summed E-state index contributed by atoms with van der Waals surface area (Å²) in [4.78, 5) is 16.7. The van der Waals surface area contributed by atoms with Crippen molar-refractivity contribution in [3.8, 4) is 5.75 Å². The molecule has 8 heteroatoms. The minimum Gasteiger partial charge on any atom is -0.489 e. The molecule has 3 N–H and O–H groups in total. The van der Waals surface area contributed by atoms with Gasteiger partial charge in [-0.2, -0.15) is 0 Å². The molecular weight excluding hydrogens is 362 g/mol. The van der Waals surface area contributed by atoms with Crippen molar-refractivity contribution in [3.63, 3.8) is 0 Å². The highest BCUT2D eigenvalue weighted by atomic mass is 35.5. The minimum absolute atomic E-state index is 0.0941. The molecule has 1 atom stereocenters. The summed E-state index contributed by atoms with van der Waals surface area (Å²) in [5, 5.41) is 5.90. The number of carbonyl (C=O) groups is 1. The second kappa shape index (κ2) is 8.62. The van der Waals surface area contributed by atoms with Crippen molar-refractivity contribution in [2.24, 2.45) is 5.73 Å². The quantitative estimate of drug-likeness (QED) is 0.769. The average molecular weight is 382 g/mol. The lowest BCUT2D eigenvalue weighted by atomic mass is 10.2. The number of hydrogen-bond donors (Lipinski definition) is 2. The van der Waals surface area contributed by atoms with Gasteiger partial charge >= 0.3 is 0 Å². The van der Waals surface area contributed by atoms with E-state index in [1.165, 1.54) is 11.3 Å². The molecule has 0 saturated carbocycles. The Balaban J connectivity index is 1.68. The van der Waals surface area contributed by atoms with Crippen LogP contribution in [0.15, 0.2) is 23.6 Å². The number of nitrogens with two attached hydrogens (primary N) is 1. The number of rotatable bonds is 7. The Morgan fingerprint density at radius 2 is 2.40 bits per heavy atom. The van der Waals surface area contributed by atoms with Crippen LogP contribution in [-0.4, -0.2) is 36.8 Å². The van der Waals surface area contributed by atoms with Gasteiger partial charge in [-0.15, -0.1) is 11.3 Å². The lowest BCUT2D eigenvalue weighted by Crippen LogP contribution is -2.18. The molecule has 1 amide bonds. The molecule has 2 heterocycles. The van der Waals surface area contributed by atoms with Gasteiger partial charge in [0.1, 0.15) is 18.1 Å². The number of ether oxygens (including phenoxy) is 2. The van der Waals surface area contributed by atoms with Gasteiger partial charge in [0.25, 0.3) is 5.91 Å². The third-order valence-electron chi connectivity index (χ3n) is 3.78. The van der Waals surface area contributed by atoms with Crippen LogP contribution >= 0.6 is 22.9 Å². The molecule has 1 aromatic heterocycles. The van der Waals surface area contributed by atoms with E-state index in [2.05, 4.69) is 10.3 Å². The molecule has 0 bridgehead atoms. The number of amides is 1. The Bertz CT molecular complexity index is 732. The highest BCUT2D eigenvalue weighted by Gasteiger charge is 2.18. The number of anilines is 1. The highest BCUT2D eigenvalue weighted by molar-refractivity contribution is 7.09. The summed E-state index contributed by atoms with van der Waals surface area (Å²) in [7, 11) is 0. The lowest BCUT2D eigenvalue weighted by molar-refractivity contribution is 0.0682. The second-order valence-corrected chi connectivity index (χ2v) is 7.08. The molecule has 134 valence electrons. The second-order valence-electron chi connectivity index (χ2n) is 5.71. The fourth-order valence-corrected chi connectivity index (χ4v) is 3.49. The van der Waals surface area contributed by atoms with Gasteiger partial charge in [-0.1, -0.05) is 11.6 Å². The third kappa shape index (κ3) is 4.92. The average Bonchev–Trinajstić information content (AvgIpc) is 3.26. The maximum Gasteiger partial charge on any atom is 0.275 e. The van der Waals surface area contributed by atoms with Crippen LogP contribution in [0.2, 0.25) is 5.02 Å². The van der Waals surface area contributed by atoms with Gasteiger partial charge in [-0.3, -0.25) is 4.79 Å². The summed E-state index contributed by atoms with van der Waals surface area (Å²) in [6, 6.07) is 5.13. The molecule has 2 aromatic rings. The largest absolute Gasteiger partial charge is 0.489 e. The molecular formula is C17H20ClN3O3S. The molecule has 0 aliphatic carbocycles. The highest BCUT2D eigenvalue weighted by Crippen LogP contribution is 2.29. The van der Waals surface area contributed by atoms with Gasteiger partial charge in [-0.05, 0) is 37.6 Å². The van der Waals surface area contributed by atoms with Crippen molar-refractivity contribution < 1.29 is 14.3 Å². The zero-order chi connectivity index (χ0) is 17.6. The summed E-state index contributed by atoms with van der Waals surface area (Å²) in [5.41, 5.74) is 6.39. The maximum absolute atomic E-state index is 12.4. The summed E-state index contributed by atoms with van der Waals surface area (Å²) in [5.74, 6) is 0.259. The van der Waals surface area contributed by atoms with Crippen LogP contribution in [0.5, 0.6) is 5.75 Å². The minimum atomic E-state index is -0.302. The molecule has 1 aliphatic rings. The molecule has 1 saturated heterocycles. The molecule has 3 rings (SSSR count).